The van der Waals surface area contributed by atoms with E-state index >= 15 is 0 Å². The molecule has 0 radical (unpaired) electrons. The molecule has 1 unspecified atom stereocenters. The van der Waals surface area contributed by atoms with Crippen molar-refractivity contribution < 1.29 is 18.8 Å². The van der Waals surface area contributed by atoms with Gasteiger partial charge in [0.1, 0.15) is 11.4 Å². The zero-order chi connectivity index (χ0) is 15.4. The molecular formula is C14H17FN2O4. The number of hydrogen-bond acceptors (Lipinski definition) is 4. The fourth-order valence-electron chi connectivity index (χ4n) is 2.47. The first-order chi connectivity index (χ1) is 9.99. The number of ether oxygens (including phenoxy) is 1. The molecule has 0 saturated carbocycles. The summed E-state index contributed by atoms with van der Waals surface area (Å²) in [5.41, 5.74) is -0.604. The fourth-order valence-corrected chi connectivity index (χ4v) is 2.47. The highest BCUT2D eigenvalue weighted by Gasteiger charge is 2.25. The molecule has 2 rings (SSSR count). The third-order valence-corrected chi connectivity index (χ3v) is 3.52. The SMILES string of the molecule is CN(CC1CCCOC1)C(=O)c1cc(F)ccc1[N+](=O)[O-]. The number of hydrogen-bond donors (Lipinski definition) is 0. The van der Waals surface area contributed by atoms with Crippen LogP contribution in [0.4, 0.5) is 10.1 Å². The van der Waals surface area contributed by atoms with Gasteiger partial charge in [-0.1, -0.05) is 0 Å². The number of rotatable bonds is 4. The van der Waals surface area contributed by atoms with Crippen molar-refractivity contribution in [2.24, 2.45) is 5.92 Å². The predicted molar refractivity (Wildman–Crippen MR) is 73.6 cm³/mol. The summed E-state index contributed by atoms with van der Waals surface area (Å²) < 4.78 is 18.6. The molecule has 0 aromatic heterocycles. The Kier molecular flexibility index (Phi) is 4.85. The van der Waals surface area contributed by atoms with E-state index in [1.165, 1.54) is 4.90 Å². The highest BCUT2D eigenvalue weighted by atomic mass is 19.1. The number of amides is 1. The van der Waals surface area contributed by atoms with E-state index in [0.717, 1.165) is 37.6 Å². The van der Waals surface area contributed by atoms with Crippen LogP contribution in [0.15, 0.2) is 18.2 Å². The van der Waals surface area contributed by atoms with Crippen LogP contribution in [0, 0.1) is 21.8 Å². The second kappa shape index (κ2) is 6.62. The van der Waals surface area contributed by atoms with Crippen LogP contribution in [-0.4, -0.2) is 42.5 Å². The van der Waals surface area contributed by atoms with Gasteiger partial charge in [0.05, 0.1) is 11.5 Å². The van der Waals surface area contributed by atoms with Crippen LogP contribution in [0.5, 0.6) is 0 Å². The number of nitro benzene ring substituents is 1. The second-order valence-corrected chi connectivity index (χ2v) is 5.19. The Balaban J connectivity index is 2.14. The first-order valence-corrected chi connectivity index (χ1v) is 6.76. The molecule has 7 heteroatoms. The molecule has 6 nitrogen and oxygen atoms in total. The van der Waals surface area contributed by atoms with Crippen LogP contribution in [0.3, 0.4) is 0 Å². The van der Waals surface area contributed by atoms with Gasteiger partial charge in [-0.3, -0.25) is 14.9 Å². The van der Waals surface area contributed by atoms with Crippen LogP contribution >= 0.6 is 0 Å². The molecule has 1 saturated heterocycles. The average Bonchev–Trinajstić information content (AvgIpc) is 2.47. The summed E-state index contributed by atoms with van der Waals surface area (Å²) in [5, 5.41) is 10.9. The number of nitrogens with zero attached hydrogens (tertiary/aromatic N) is 2. The summed E-state index contributed by atoms with van der Waals surface area (Å²) in [5.74, 6) is -1.01. The third kappa shape index (κ3) is 3.75. The Morgan fingerprint density at radius 3 is 2.95 bits per heavy atom. The van der Waals surface area contributed by atoms with Crippen LogP contribution in [0.25, 0.3) is 0 Å². The van der Waals surface area contributed by atoms with Crippen molar-refractivity contribution in [1.29, 1.82) is 0 Å². The topological polar surface area (TPSA) is 72.7 Å². The smallest absolute Gasteiger partial charge is 0.282 e. The Morgan fingerprint density at radius 1 is 1.57 bits per heavy atom. The van der Waals surface area contributed by atoms with Gasteiger partial charge in [0.15, 0.2) is 0 Å². The first kappa shape index (κ1) is 15.4. The number of carbonyl (C=O) groups excluding carboxylic acids is 1. The molecule has 0 aliphatic carbocycles. The highest BCUT2D eigenvalue weighted by molar-refractivity contribution is 5.98. The summed E-state index contributed by atoms with van der Waals surface area (Å²) in [4.78, 5) is 24.0. The molecule has 1 atom stereocenters. The van der Waals surface area contributed by atoms with Gasteiger partial charge < -0.3 is 9.64 Å². The lowest BCUT2D eigenvalue weighted by Gasteiger charge is -2.27. The fraction of sp³-hybridized carbons (Fsp3) is 0.500. The van der Waals surface area contributed by atoms with Gasteiger partial charge in [0.25, 0.3) is 11.6 Å². The molecule has 1 aromatic rings. The lowest BCUT2D eigenvalue weighted by Crippen LogP contribution is -2.35. The molecule has 0 spiro atoms. The maximum absolute atomic E-state index is 13.3. The van der Waals surface area contributed by atoms with Crippen molar-refractivity contribution in [3.8, 4) is 0 Å². The van der Waals surface area contributed by atoms with Crippen LogP contribution in [0.2, 0.25) is 0 Å². The maximum atomic E-state index is 13.3. The monoisotopic (exact) mass is 296 g/mol. The zero-order valence-corrected chi connectivity index (χ0v) is 11.8. The van der Waals surface area contributed by atoms with E-state index in [0.29, 0.717) is 13.2 Å². The highest BCUT2D eigenvalue weighted by Crippen LogP contribution is 2.22. The molecule has 1 amide bonds. The van der Waals surface area contributed by atoms with Gasteiger partial charge in [-0.15, -0.1) is 0 Å². The average molecular weight is 296 g/mol. The van der Waals surface area contributed by atoms with E-state index < -0.39 is 16.6 Å². The minimum absolute atomic E-state index is 0.209. The standard InChI is InChI=1S/C14H17FN2O4/c1-16(8-10-3-2-6-21-9-10)14(18)12-7-11(15)4-5-13(12)17(19)20/h4-5,7,10H,2-3,6,8-9H2,1H3. The summed E-state index contributed by atoms with van der Waals surface area (Å²) in [6.07, 6.45) is 1.88. The Labute approximate surface area is 121 Å². The van der Waals surface area contributed by atoms with Gasteiger partial charge in [-0.05, 0) is 30.9 Å². The van der Waals surface area contributed by atoms with Crippen LogP contribution < -0.4 is 0 Å². The zero-order valence-electron chi connectivity index (χ0n) is 11.8. The molecule has 1 aromatic carbocycles. The summed E-state index contributed by atoms with van der Waals surface area (Å²) in [6, 6.07) is 2.90. The van der Waals surface area contributed by atoms with E-state index in [9.17, 15) is 19.3 Å². The molecular weight excluding hydrogens is 279 g/mol. The Bertz CT molecular complexity index is 544. The molecule has 114 valence electrons. The molecule has 21 heavy (non-hydrogen) atoms. The van der Waals surface area contributed by atoms with Crippen molar-refractivity contribution in [2.45, 2.75) is 12.8 Å². The molecule has 1 aliphatic rings. The van der Waals surface area contributed by atoms with E-state index in [-0.39, 0.29) is 17.2 Å². The summed E-state index contributed by atoms with van der Waals surface area (Å²) in [6.45, 7) is 1.74. The Hall–Kier alpha value is -2.02. The first-order valence-electron chi connectivity index (χ1n) is 6.76. The molecule has 0 bridgehead atoms. The van der Waals surface area contributed by atoms with Gasteiger partial charge in [-0.25, -0.2) is 4.39 Å². The van der Waals surface area contributed by atoms with Crippen molar-refractivity contribution in [3.05, 3.63) is 39.7 Å². The lowest BCUT2D eigenvalue weighted by molar-refractivity contribution is -0.385. The predicted octanol–water partition coefficient (Wildman–Crippen LogP) is 2.23. The normalized spacial score (nSPS) is 18.3. The van der Waals surface area contributed by atoms with Crippen molar-refractivity contribution >= 4 is 11.6 Å². The van der Waals surface area contributed by atoms with E-state index in [2.05, 4.69) is 0 Å². The largest absolute Gasteiger partial charge is 0.381 e. The van der Waals surface area contributed by atoms with Gasteiger partial charge in [0.2, 0.25) is 0 Å². The number of benzene rings is 1. The van der Waals surface area contributed by atoms with Crippen LogP contribution in [-0.2, 0) is 4.74 Å². The number of nitro groups is 1. The minimum atomic E-state index is -0.676. The number of halogens is 1. The number of carbonyl (C=O) groups is 1. The van der Waals surface area contributed by atoms with Crippen molar-refractivity contribution in [2.75, 3.05) is 26.8 Å². The van der Waals surface area contributed by atoms with Crippen molar-refractivity contribution in [3.63, 3.8) is 0 Å². The van der Waals surface area contributed by atoms with Gasteiger partial charge in [0, 0.05) is 26.3 Å². The van der Waals surface area contributed by atoms with E-state index in [4.69, 9.17) is 4.74 Å². The second-order valence-electron chi connectivity index (χ2n) is 5.19. The molecule has 1 aliphatic heterocycles. The minimum Gasteiger partial charge on any atom is -0.381 e. The molecule has 1 fully saturated rings. The van der Waals surface area contributed by atoms with E-state index in [1.54, 1.807) is 7.05 Å². The summed E-state index contributed by atoms with van der Waals surface area (Å²) in [7, 11) is 1.56. The van der Waals surface area contributed by atoms with Gasteiger partial charge >= 0.3 is 0 Å². The lowest BCUT2D eigenvalue weighted by atomic mass is 10.0. The quantitative estimate of drug-likeness (QED) is 0.631. The molecule has 1 heterocycles. The molecule has 0 N–H and O–H groups in total. The van der Waals surface area contributed by atoms with Crippen LogP contribution in [0.1, 0.15) is 23.2 Å². The summed E-state index contributed by atoms with van der Waals surface area (Å²) >= 11 is 0. The third-order valence-electron chi connectivity index (χ3n) is 3.52. The maximum Gasteiger partial charge on any atom is 0.282 e. The Morgan fingerprint density at radius 2 is 2.33 bits per heavy atom. The van der Waals surface area contributed by atoms with Gasteiger partial charge in [-0.2, -0.15) is 0 Å². The van der Waals surface area contributed by atoms with Crippen molar-refractivity contribution in [1.82, 2.24) is 4.90 Å². The van der Waals surface area contributed by atoms with E-state index in [1.807, 2.05) is 0 Å².